The fourth-order valence-corrected chi connectivity index (χ4v) is 2.62. The first kappa shape index (κ1) is 22.1. The van der Waals surface area contributed by atoms with E-state index in [1.165, 1.54) is 55.6 Å². The van der Waals surface area contributed by atoms with E-state index < -0.39 is 0 Å². The Labute approximate surface area is 157 Å². The van der Waals surface area contributed by atoms with Crippen molar-refractivity contribution in [2.75, 3.05) is 0 Å². The molecular formula is C22H30Tc-2. The first-order chi connectivity index (χ1) is 10.1. The van der Waals surface area contributed by atoms with Crippen molar-refractivity contribution in [2.24, 2.45) is 0 Å². The fourth-order valence-electron chi connectivity index (χ4n) is 2.62. The number of aryl methyl sites for hydroxylation is 4. The zero-order chi connectivity index (χ0) is 17.2. The number of hydrogen-bond donors (Lipinski definition) is 0. The molecule has 2 aromatic carbocycles. The van der Waals surface area contributed by atoms with Gasteiger partial charge in [-0.2, -0.15) is 67.8 Å². The average molecular weight is 392 g/mol. The van der Waals surface area contributed by atoms with Crippen LogP contribution in [0.4, 0.5) is 0 Å². The van der Waals surface area contributed by atoms with Crippen LogP contribution in [0.5, 0.6) is 0 Å². The Balaban J connectivity index is 0.000000403. The second-order valence-corrected chi connectivity index (χ2v) is 6.50. The minimum Gasteiger partial charge on any atom is -0.177 e. The second-order valence-electron chi connectivity index (χ2n) is 6.50. The van der Waals surface area contributed by atoms with Gasteiger partial charge in [0, 0.05) is 20.1 Å². The molecule has 0 bridgehead atoms. The fraction of sp³-hybridized carbons (Fsp3) is 0.455. The molecule has 23 heavy (non-hydrogen) atoms. The minimum atomic E-state index is 0. The van der Waals surface area contributed by atoms with E-state index >= 15 is 0 Å². The molecule has 0 aliphatic heterocycles. The Morgan fingerprint density at radius 3 is 0.696 bits per heavy atom. The van der Waals surface area contributed by atoms with Crippen LogP contribution in [-0.2, 0) is 20.1 Å². The third-order valence-corrected chi connectivity index (χ3v) is 5.25. The molecule has 1 heteroatoms. The SMILES string of the molecule is Cc1[c-]c(C)c(C)c(C)c1C.Cc1[c-]c(C)c(C)c(C)c1C.[Tc]. The summed E-state index contributed by atoms with van der Waals surface area (Å²) in [6.45, 7) is 21.5. The molecular weight excluding hydrogens is 362 g/mol. The van der Waals surface area contributed by atoms with Crippen molar-refractivity contribution in [1.29, 1.82) is 0 Å². The Bertz CT molecular complexity index is 580. The van der Waals surface area contributed by atoms with E-state index in [2.05, 4.69) is 81.4 Å². The zero-order valence-electron chi connectivity index (χ0n) is 16.4. The van der Waals surface area contributed by atoms with Crippen LogP contribution < -0.4 is 0 Å². The molecule has 0 nitrogen and oxygen atoms in total. The maximum absolute atomic E-state index is 3.35. The van der Waals surface area contributed by atoms with Gasteiger partial charge in [0.15, 0.2) is 0 Å². The molecule has 0 spiro atoms. The zero-order valence-corrected chi connectivity index (χ0v) is 18.2. The summed E-state index contributed by atoms with van der Waals surface area (Å²) in [5, 5.41) is 0. The molecule has 0 saturated carbocycles. The summed E-state index contributed by atoms with van der Waals surface area (Å²) in [5.74, 6) is 0. The van der Waals surface area contributed by atoms with Gasteiger partial charge >= 0.3 is 0 Å². The molecule has 0 heterocycles. The second kappa shape index (κ2) is 8.81. The molecule has 0 amide bonds. The van der Waals surface area contributed by atoms with Gasteiger partial charge in [0.25, 0.3) is 0 Å². The third kappa shape index (κ3) is 5.03. The summed E-state index contributed by atoms with van der Waals surface area (Å²) in [5.41, 5.74) is 13.5. The van der Waals surface area contributed by atoms with Crippen molar-refractivity contribution in [3.63, 3.8) is 0 Å². The molecule has 0 saturated heterocycles. The Hall–Kier alpha value is -0.911. The summed E-state index contributed by atoms with van der Waals surface area (Å²) in [7, 11) is 0. The Morgan fingerprint density at radius 1 is 0.348 bits per heavy atom. The maximum Gasteiger partial charge on any atom is 0 e. The van der Waals surface area contributed by atoms with Gasteiger partial charge in [-0.05, 0) is 0 Å². The van der Waals surface area contributed by atoms with E-state index in [1.807, 2.05) is 0 Å². The van der Waals surface area contributed by atoms with Crippen molar-refractivity contribution in [3.8, 4) is 0 Å². The van der Waals surface area contributed by atoms with Crippen LogP contribution in [-0.4, -0.2) is 0 Å². The molecule has 0 fully saturated rings. The van der Waals surface area contributed by atoms with Crippen molar-refractivity contribution in [2.45, 2.75) is 69.2 Å². The summed E-state index contributed by atoms with van der Waals surface area (Å²) in [6, 6.07) is 6.70. The van der Waals surface area contributed by atoms with Crippen LogP contribution in [0.3, 0.4) is 0 Å². The van der Waals surface area contributed by atoms with E-state index in [0.29, 0.717) is 0 Å². The molecule has 2 rings (SSSR count). The van der Waals surface area contributed by atoms with Gasteiger partial charge in [-0.1, -0.05) is 69.2 Å². The van der Waals surface area contributed by atoms with Crippen molar-refractivity contribution < 1.29 is 20.1 Å². The molecule has 127 valence electrons. The van der Waals surface area contributed by atoms with Gasteiger partial charge in [-0.15, -0.1) is 0 Å². The van der Waals surface area contributed by atoms with E-state index in [0.717, 1.165) is 0 Å². The van der Waals surface area contributed by atoms with Crippen LogP contribution in [0.25, 0.3) is 0 Å². The van der Waals surface area contributed by atoms with E-state index in [1.54, 1.807) is 0 Å². The summed E-state index contributed by atoms with van der Waals surface area (Å²) in [6.07, 6.45) is 0. The van der Waals surface area contributed by atoms with Crippen LogP contribution in [0.15, 0.2) is 0 Å². The van der Waals surface area contributed by atoms with Gasteiger partial charge in [0.05, 0.1) is 0 Å². The Morgan fingerprint density at radius 2 is 0.522 bits per heavy atom. The first-order valence-electron chi connectivity index (χ1n) is 8.00. The van der Waals surface area contributed by atoms with Gasteiger partial charge in [0.1, 0.15) is 0 Å². The topological polar surface area (TPSA) is 0 Å². The van der Waals surface area contributed by atoms with Crippen LogP contribution in [0, 0.1) is 81.4 Å². The average Bonchev–Trinajstić information content (AvgIpc) is 2.47. The van der Waals surface area contributed by atoms with E-state index in [-0.39, 0.29) is 20.1 Å². The van der Waals surface area contributed by atoms with Crippen molar-refractivity contribution in [1.82, 2.24) is 0 Å². The predicted octanol–water partition coefficient (Wildman–Crippen LogP) is 6.06. The maximum atomic E-state index is 3.35. The standard InChI is InChI=1S/2C11H15.Tc/c2*1-7-6-8(2)10(4)11(5)9(7)3;/h2*1-5H3;/q2*-1;. The molecule has 0 aliphatic rings. The van der Waals surface area contributed by atoms with Crippen LogP contribution in [0.1, 0.15) is 55.6 Å². The van der Waals surface area contributed by atoms with Crippen molar-refractivity contribution in [3.05, 3.63) is 67.8 Å². The molecule has 2 aromatic rings. The Kier molecular flexibility index (Phi) is 8.46. The largest absolute Gasteiger partial charge is 0.177 e. The normalized spacial score (nSPS) is 9.83. The quantitative estimate of drug-likeness (QED) is 0.479. The minimum absolute atomic E-state index is 0. The van der Waals surface area contributed by atoms with Crippen LogP contribution in [0.2, 0.25) is 0 Å². The first-order valence-corrected chi connectivity index (χ1v) is 8.00. The number of benzene rings is 2. The molecule has 1 radical (unpaired) electrons. The third-order valence-electron chi connectivity index (χ3n) is 5.25. The monoisotopic (exact) mass is 391 g/mol. The van der Waals surface area contributed by atoms with E-state index in [4.69, 9.17) is 0 Å². The van der Waals surface area contributed by atoms with Gasteiger partial charge in [-0.25, -0.2) is 0 Å². The van der Waals surface area contributed by atoms with Gasteiger partial charge < -0.3 is 0 Å². The van der Waals surface area contributed by atoms with Gasteiger partial charge in [-0.3, -0.25) is 0 Å². The summed E-state index contributed by atoms with van der Waals surface area (Å²) >= 11 is 0. The predicted molar refractivity (Wildman–Crippen MR) is 97.9 cm³/mol. The summed E-state index contributed by atoms with van der Waals surface area (Å²) in [4.78, 5) is 0. The van der Waals surface area contributed by atoms with Crippen molar-refractivity contribution >= 4 is 0 Å². The number of rotatable bonds is 0. The molecule has 0 N–H and O–H groups in total. The molecule has 0 atom stereocenters. The smallest absolute Gasteiger partial charge is 0 e. The number of hydrogen-bond acceptors (Lipinski definition) is 0. The molecule has 0 aromatic heterocycles. The molecule has 0 aliphatic carbocycles. The molecule has 0 unspecified atom stereocenters. The summed E-state index contributed by atoms with van der Waals surface area (Å²) < 4.78 is 0. The van der Waals surface area contributed by atoms with Crippen LogP contribution >= 0.6 is 0 Å². The van der Waals surface area contributed by atoms with Gasteiger partial charge in [0.2, 0.25) is 0 Å². The van der Waals surface area contributed by atoms with E-state index in [9.17, 15) is 0 Å².